The number of nitrogens with one attached hydrogen (secondary N) is 2. The van der Waals surface area contributed by atoms with Crippen LogP contribution < -0.4 is 10.6 Å². The van der Waals surface area contributed by atoms with Crippen LogP contribution in [0.5, 0.6) is 0 Å². The van der Waals surface area contributed by atoms with Gasteiger partial charge in [0.25, 0.3) is 5.69 Å². The zero-order chi connectivity index (χ0) is 16.8. The van der Waals surface area contributed by atoms with E-state index in [1.807, 2.05) is 0 Å². The molecule has 2 aromatic rings. The Kier molecular flexibility index (Phi) is 2.96. The molecule has 2 N–H and O–H groups in total. The van der Waals surface area contributed by atoms with Crippen LogP contribution in [0.15, 0.2) is 54.1 Å². The minimum atomic E-state index is -0.644. The number of benzene rings is 2. The molecule has 0 radical (unpaired) electrons. The Morgan fingerprint density at radius 1 is 0.958 bits per heavy atom. The molecule has 0 bridgehead atoms. The van der Waals surface area contributed by atoms with Gasteiger partial charge in [-0.3, -0.25) is 14.9 Å². The maximum absolute atomic E-state index is 12.7. The van der Waals surface area contributed by atoms with E-state index in [2.05, 4.69) is 10.6 Å². The van der Waals surface area contributed by atoms with Gasteiger partial charge in [0.05, 0.1) is 22.2 Å². The molecule has 118 valence electrons. The number of rotatable bonds is 2. The van der Waals surface area contributed by atoms with Crippen molar-refractivity contribution in [3.63, 3.8) is 0 Å². The Hall–Kier alpha value is -3.48. The second kappa shape index (κ2) is 5.02. The van der Waals surface area contributed by atoms with Gasteiger partial charge in [-0.25, -0.2) is 4.79 Å². The highest BCUT2D eigenvalue weighted by Gasteiger charge is 2.39. The molecule has 0 saturated carbocycles. The third kappa shape index (κ3) is 1.98. The van der Waals surface area contributed by atoms with Crippen LogP contribution in [0.2, 0.25) is 0 Å². The van der Waals surface area contributed by atoms with Gasteiger partial charge in [-0.05, 0) is 17.7 Å². The minimum Gasteiger partial charge on any atom is -0.327 e. The van der Waals surface area contributed by atoms with Crippen LogP contribution >= 0.6 is 0 Å². The van der Waals surface area contributed by atoms with E-state index in [1.54, 1.807) is 36.4 Å². The van der Waals surface area contributed by atoms with Crippen LogP contribution in [0.3, 0.4) is 0 Å². The average molecular weight is 321 g/mol. The van der Waals surface area contributed by atoms with Gasteiger partial charge in [0.2, 0.25) is 0 Å². The summed E-state index contributed by atoms with van der Waals surface area (Å²) in [6.07, 6.45) is 0. The number of urea groups is 1. The molecule has 2 amide bonds. The Balaban J connectivity index is 1.82. The normalized spacial score (nSPS) is 18.6. The molecule has 1 unspecified atom stereocenters. The van der Waals surface area contributed by atoms with Crippen molar-refractivity contribution in [2.45, 2.75) is 6.04 Å². The summed E-state index contributed by atoms with van der Waals surface area (Å²) < 4.78 is 0. The Bertz CT molecular complexity index is 931. The first-order valence-corrected chi connectivity index (χ1v) is 7.26. The summed E-state index contributed by atoms with van der Waals surface area (Å²) in [7, 11) is 0. The molecule has 0 saturated heterocycles. The fourth-order valence-electron chi connectivity index (χ4n) is 3.10. The van der Waals surface area contributed by atoms with E-state index in [4.69, 9.17) is 0 Å². The molecule has 1 aliphatic carbocycles. The van der Waals surface area contributed by atoms with Gasteiger partial charge in [0, 0.05) is 23.3 Å². The average Bonchev–Trinajstić information content (AvgIpc) is 2.87. The van der Waals surface area contributed by atoms with Crippen molar-refractivity contribution < 1.29 is 14.5 Å². The third-order valence-electron chi connectivity index (χ3n) is 4.19. The van der Waals surface area contributed by atoms with E-state index < -0.39 is 17.0 Å². The predicted molar refractivity (Wildman–Crippen MR) is 85.2 cm³/mol. The number of ketones is 1. The highest BCUT2D eigenvalue weighted by Crippen LogP contribution is 2.39. The lowest BCUT2D eigenvalue weighted by atomic mass is 9.94. The number of Topliss-reactive ketones (excluding diaryl/α,β-unsaturated/α-hetero) is 1. The van der Waals surface area contributed by atoms with Crippen molar-refractivity contribution in [2.24, 2.45) is 0 Å². The number of fused-ring (bicyclic) bond motifs is 2. The molecule has 2 aliphatic rings. The molecule has 7 nitrogen and oxygen atoms in total. The van der Waals surface area contributed by atoms with Gasteiger partial charge in [-0.1, -0.05) is 24.3 Å². The zero-order valence-corrected chi connectivity index (χ0v) is 12.3. The number of nitro groups is 1. The first-order chi connectivity index (χ1) is 11.6. The fraction of sp³-hybridized carbons (Fsp3) is 0.0588. The minimum absolute atomic E-state index is 0.0470. The van der Waals surface area contributed by atoms with Crippen molar-refractivity contribution in [1.29, 1.82) is 0 Å². The zero-order valence-electron chi connectivity index (χ0n) is 12.3. The number of nitro benzene ring substituents is 1. The SMILES string of the molecule is O=C1NC2=C(C(=O)c3ccccc32)C(c2ccc([N+](=O)[O-])cc2)N1. The summed E-state index contributed by atoms with van der Waals surface area (Å²) in [4.78, 5) is 35.0. The Morgan fingerprint density at radius 2 is 1.62 bits per heavy atom. The van der Waals surface area contributed by atoms with E-state index >= 15 is 0 Å². The number of carbonyl (C=O) groups is 2. The number of hydrogen-bond acceptors (Lipinski definition) is 4. The quantitative estimate of drug-likeness (QED) is 0.655. The van der Waals surface area contributed by atoms with Crippen LogP contribution in [0.1, 0.15) is 27.5 Å². The molecule has 0 spiro atoms. The molecule has 7 heteroatoms. The molecule has 1 aliphatic heterocycles. The molecule has 1 atom stereocenters. The van der Waals surface area contributed by atoms with Crippen molar-refractivity contribution in [1.82, 2.24) is 10.6 Å². The van der Waals surface area contributed by atoms with E-state index in [0.717, 1.165) is 0 Å². The summed E-state index contributed by atoms with van der Waals surface area (Å²) >= 11 is 0. The maximum atomic E-state index is 12.7. The van der Waals surface area contributed by atoms with E-state index in [1.165, 1.54) is 12.1 Å². The van der Waals surface area contributed by atoms with Crippen molar-refractivity contribution in [3.05, 3.63) is 80.9 Å². The van der Waals surface area contributed by atoms with Gasteiger partial charge in [-0.2, -0.15) is 0 Å². The van der Waals surface area contributed by atoms with Crippen LogP contribution in [0.4, 0.5) is 10.5 Å². The molecule has 24 heavy (non-hydrogen) atoms. The van der Waals surface area contributed by atoms with Gasteiger partial charge in [0.15, 0.2) is 5.78 Å². The van der Waals surface area contributed by atoms with Crippen LogP contribution in [0.25, 0.3) is 5.70 Å². The number of amides is 2. The van der Waals surface area contributed by atoms with Crippen LogP contribution in [-0.4, -0.2) is 16.7 Å². The lowest BCUT2D eigenvalue weighted by Crippen LogP contribution is -2.43. The molecular formula is C17H11N3O4. The van der Waals surface area contributed by atoms with Crippen molar-refractivity contribution >= 4 is 23.2 Å². The van der Waals surface area contributed by atoms with Gasteiger partial charge < -0.3 is 10.6 Å². The topological polar surface area (TPSA) is 101 Å². The molecule has 2 aromatic carbocycles. The molecule has 0 fully saturated rings. The maximum Gasteiger partial charge on any atom is 0.320 e. The second-order valence-corrected chi connectivity index (χ2v) is 5.54. The fourth-order valence-corrected chi connectivity index (χ4v) is 3.10. The van der Waals surface area contributed by atoms with E-state index in [9.17, 15) is 19.7 Å². The third-order valence-corrected chi connectivity index (χ3v) is 4.19. The van der Waals surface area contributed by atoms with Crippen molar-refractivity contribution in [2.75, 3.05) is 0 Å². The standard InChI is InChI=1S/C17H11N3O4/c21-16-12-4-2-1-3-11(12)15-13(16)14(18-17(22)19-15)9-5-7-10(8-6-9)20(23)24/h1-8,14H,(H2,18,19,22). The predicted octanol–water partition coefficient (Wildman–Crippen LogP) is 2.56. The Labute approximate surface area is 136 Å². The molecule has 0 aromatic heterocycles. The monoisotopic (exact) mass is 321 g/mol. The second-order valence-electron chi connectivity index (χ2n) is 5.54. The van der Waals surface area contributed by atoms with Gasteiger partial charge >= 0.3 is 6.03 Å². The number of carbonyl (C=O) groups excluding carboxylic acids is 2. The summed E-state index contributed by atoms with van der Waals surface area (Å²) in [6, 6.07) is 11.8. The summed E-state index contributed by atoms with van der Waals surface area (Å²) in [5.41, 5.74) is 2.75. The number of nitrogens with zero attached hydrogens (tertiary/aromatic N) is 1. The lowest BCUT2D eigenvalue weighted by molar-refractivity contribution is -0.384. The number of hydrogen-bond donors (Lipinski definition) is 2. The first-order valence-electron chi connectivity index (χ1n) is 7.26. The smallest absolute Gasteiger partial charge is 0.320 e. The van der Waals surface area contributed by atoms with Crippen molar-refractivity contribution in [3.8, 4) is 0 Å². The lowest BCUT2D eigenvalue weighted by Gasteiger charge is -2.26. The highest BCUT2D eigenvalue weighted by atomic mass is 16.6. The summed E-state index contributed by atoms with van der Waals surface area (Å²) in [5, 5.41) is 16.2. The van der Waals surface area contributed by atoms with Crippen LogP contribution in [0, 0.1) is 10.1 Å². The molecular weight excluding hydrogens is 310 g/mol. The van der Waals surface area contributed by atoms with Gasteiger partial charge in [-0.15, -0.1) is 0 Å². The largest absolute Gasteiger partial charge is 0.327 e. The summed E-state index contributed by atoms with van der Waals surface area (Å²) in [5.74, 6) is -0.156. The molecule has 1 heterocycles. The van der Waals surface area contributed by atoms with E-state index in [0.29, 0.717) is 28.0 Å². The number of non-ortho nitro benzene ring substituents is 1. The highest BCUT2D eigenvalue weighted by molar-refractivity contribution is 6.23. The Morgan fingerprint density at radius 3 is 2.29 bits per heavy atom. The van der Waals surface area contributed by atoms with E-state index in [-0.39, 0.29) is 11.5 Å². The molecule has 4 rings (SSSR count). The van der Waals surface area contributed by atoms with Crippen LogP contribution in [-0.2, 0) is 0 Å². The first kappa shape index (κ1) is 14.1. The van der Waals surface area contributed by atoms with Gasteiger partial charge in [0.1, 0.15) is 0 Å². The summed E-state index contributed by atoms with van der Waals surface area (Å²) in [6.45, 7) is 0.